The fourth-order valence-electron chi connectivity index (χ4n) is 2.13. The number of hydrogen-bond acceptors (Lipinski definition) is 3. The van der Waals surface area contributed by atoms with E-state index in [2.05, 4.69) is 4.98 Å². The topological polar surface area (TPSA) is 35.8 Å². The first-order valence-corrected chi connectivity index (χ1v) is 5.98. The summed E-state index contributed by atoms with van der Waals surface area (Å²) in [6.07, 6.45) is 3.77. The predicted molar refractivity (Wildman–Crippen MR) is 73.7 cm³/mol. The maximum atomic E-state index is 5.38. The first-order valence-electron chi connectivity index (χ1n) is 5.98. The van der Waals surface area contributed by atoms with Gasteiger partial charge in [-0.1, -0.05) is 12.1 Å². The highest BCUT2D eigenvalue weighted by Crippen LogP contribution is 2.29. The van der Waals surface area contributed by atoms with E-state index < -0.39 is 0 Å². The minimum Gasteiger partial charge on any atom is -0.497 e. The van der Waals surface area contributed by atoms with Crippen LogP contribution in [0.3, 0.4) is 0 Å². The van der Waals surface area contributed by atoms with Crippen molar-refractivity contribution in [3.63, 3.8) is 0 Å². The van der Waals surface area contributed by atoms with Crippen molar-refractivity contribution in [2.75, 3.05) is 14.2 Å². The van der Waals surface area contributed by atoms with Gasteiger partial charge in [0.1, 0.15) is 17.3 Å². The number of nitrogens with zero attached hydrogens (tertiary/aromatic N) is 2. The number of para-hydroxylation sites is 1. The third kappa shape index (κ3) is 1.91. The number of aromatic nitrogens is 2. The fraction of sp³-hybridized carbons (Fsp3) is 0.133. The van der Waals surface area contributed by atoms with Crippen molar-refractivity contribution in [1.29, 1.82) is 0 Å². The van der Waals surface area contributed by atoms with E-state index in [0.717, 1.165) is 28.4 Å². The first-order chi connectivity index (χ1) is 9.33. The number of ether oxygens (including phenoxy) is 2. The van der Waals surface area contributed by atoms with E-state index in [0.29, 0.717) is 0 Å². The lowest BCUT2D eigenvalue weighted by atomic mass is 10.2. The Bertz CT molecular complexity index is 719. The molecule has 4 heteroatoms. The molecule has 0 aliphatic rings. The van der Waals surface area contributed by atoms with Crippen molar-refractivity contribution in [2.45, 2.75) is 0 Å². The van der Waals surface area contributed by atoms with E-state index in [1.165, 1.54) is 0 Å². The van der Waals surface area contributed by atoms with Gasteiger partial charge in [0.05, 0.1) is 31.5 Å². The zero-order chi connectivity index (χ0) is 13.2. The Labute approximate surface area is 111 Å². The second kappa shape index (κ2) is 4.65. The summed E-state index contributed by atoms with van der Waals surface area (Å²) in [6.45, 7) is 0. The van der Waals surface area contributed by atoms with E-state index in [9.17, 15) is 0 Å². The molecule has 96 valence electrons. The smallest absolute Gasteiger partial charge is 0.148 e. The molecule has 4 nitrogen and oxygen atoms in total. The van der Waals surface area contributed by atoms with Gasteiger partial charge < -0.3 is 9.47 Å². The summed E-state index contributed by atoms with van der Waals surface area (Å²) in [5.41, 5.74) is 1.95. The minimum atomic E-state index is 0.811. The SMILES string of the molecule is COc1ccn2c(-c3ccccc3OC)ncc2c1. The van der Waals surface area contributed by atoms with Crippen LogP contribution in [0.1, 0.15) is 0 Å². The molecule has 0 aliphatic carbocycles. The Morgan fingerprint density at radius 2 is 1.89 bits per heavy atom. The van der Waals surface area contributed by atoms with Crippen LogP contribution < -0.4 is 9.47 Å². The van der Waals surface area contributed by atoms with Crippen molar-refractivity contribution in [3.05, 3.63) is 48.8 Å². The van der Waals surface area contributed by atoms with Crippen molar-refractivity contribution in [2.24, 2.45) is 0 Å². The molecule has 0 radical (unpaired) electrons. The zero-order valence-corrected chi connectivity index (χ0v) is 10.8. The minimum absolute atomic E-state index is 0.811. The van der Waals surface area contributed by atoms with Crippen LogP contribution in [0, 0.1) is 0 Å². The molecule has 3 rings (SSSR count). The lowest BCUT2D eigenvalue weighted by molar-refractivity contribution is 0.414. The highest BCUT2D eigenvalue weighted by molar-refractivity contribution is 5.68. The van der Waals surface area contributed by atoms with Gasteiger partial charge in [0.15, 0.2) is 0 Å². The lowest BCUT2D eigenvalue weighted by Gasteiger charge is -2.07. The predicted octanol–water partition coefficient (Wildman–Crippen LogP) is 3.02. The van der Waals surface area contributed by atoms with Crippen LogP contribution in [-0.2, 0) is 0 Å². The third-order valence-corrected chi connectivity index (χ3v) is 3.09. The molecule has 0 aliphatic heterocycles. The number of imidazole rings is 1. The molecule has 2 heterocycles. The summed E-state index contributed by atoms with van der Waals surface area (Å²) < 4.78 is 12.6. The van der Waals surface area contributed by atoms with Crippen LogP contribution in [0.15, 0.2) is 48.8 Å². The summed E-state index contributed by atoms with van der Waals surface area (Å²) in [6, 6.07) is 11.7. The quantitative estimate of drug-likeness (QED) is 0.720. The van der Waals surface area contributed by atoms with Gasteiger partial charge >= 0.3 is 0 Å². The molecule has 0 atom stereocenters. The third-order valence-electron chi connectivity index (χ3n) is 3.09. The van der Waals surface area contributed by atoms with Crippen molar-refractivity contribution >= 4 is 5.52 Å². The molecule has 0 amide bonds. The monoisotopic (exact) mass is 254 g/mol. The van der Waals surface area contributed by atoms with E-state index >= 15 is 0 Å². The number of pyridine rings is 1. The van der Waals surface area contributed by atoms with E-state index in [1.54, 1.807) is 14.2 Å². The van der Waals surface area contributed by atoms with Gasteiger partial charge in [0, 0.05) is 12.3 Å². The highest BCUT2D eigenvalue weighted by atomic mass is 16.5. The van der Waals surface area contributed by atoms with Gasteiger partial charge in [-0.3, -0.25) is 4.40 Å². The first kappa shape index (κ1) is 11.6. The number of benzene rings is 1. The van der Waals surface area contributed by atoms with E-state index in [1.807, 2.05) is 53.2 Å². The normalized spacial score (nSPS) is 10.6. The standard InChI is InChI=1S/C15H14N2O2/c1-18-12-7-8-17-11(9-12)10-16-15(17)13-5-3-4-6-14(13)19-2/h3-10H,1-2H3. The van der Waals surface area contributed by atoms with Crippen molar-refractivity contribution in [1.82, 2.24) is 9.38 Å². The van der Waals surface area contributed by atoms with Crippen molar-refractivity contribution in [3.8, 4) is 22.9 Å². The van der Waals surface area contributed by atoms with Gasteiger partial charge in [-0.25, -0.2) is 4.98 Å². The molecule has 0 saturated heterocycles. The Hall–Kier alpha value is -2.49. The van der Waals surface area contributed by atoms with Crippen LogP contribution in [0.2, 0.25) is 0 Å². The summed E-state index contributed by atoms with van der Waals surface area (Å²) >= 11 is 0. The molecular formula is C15H14N2O2. The van der Waals surface area contributed by atoms with Crippen LogP contribution in [-0.4, -0.2) is 23.6 Å². The number of rotatable bonds is 3. The Morgan fingerprint density at radius 1 is 1.05 bits per heavy atom. The van der Waals surface area contributed by atoms with Gasteiger partial charge in [-0.15, -0.1) is 0 Å². The van der Waals surface area contributed by atoms with Crippen LogP contribution >= 0.6 is 0 Å². The fourth-order valence-corrected chi connectivity index (χ4v) is 2.13. The molecule has 0 bridgehead atoms. The maximum absolute atomic E-state index is 5.38. The second-order valence-corrected chi connectivity index (χ2v) is 4.14. The molecule has 0 N–H and O–H groups in total. The van der Waals surface area contributed by atoms with E-state index in [-0.39, 0.29) is 0 Å². The molecule has 3 aromatic rings. The maximum Gasteiger partial charge on any atom is 0.148 e. The van der Waals surface area contributed by atoms with Crippen LogP contribution in [0.4, 0.5) is 0 Å². The van der Waals surface area contributed by atoms with Gasteiger partial charge in [0.25, 0.3) is 0 Å². The summed E-state index contributed by atoms with van der Waals surface area (Å²) in [7, 11) is 3.32. The number of fused-ring (bicyclic) bond motifs is 1. The molecule has 0 saturated carbocycles. The molecule has 0 spiro atoms. The summed E-state index contributed by atoms with van der Waals surface area (Å²) in [5, 5.41) is 0. The van der Waals surface area contributed by atoms with E-state index in [4.69, 9.17) is 9.47 Å². The Morgan fingerprint density at radius 3 is 2.68 bits per heavy atom. The molecule has 19 heavy (non-hydrogen) atoms. The largest absolute Gasteiger partial charge is 0.497 e. The number of hydrogen-bond donors (Lipinski definition) is 0. The molecule has 0 unspecified atom stereocenters. The molecule has 2 aromatic heterocycles. The molecule has 1 aromatic carbocycles. The molecule has 0 fully saturated rings. The zero-order valence-electron chi connectivity index (χ0n) is 10.8. The number of methoxy groups -OCH3 is 2. The average Bonchev–Trinajstić information content (AvgIpc) is 2.89. The average molecular weight is 254 g/mol. The van der Waals surface area contributed by atoms with Crippen LogP contribution in [0.5, 0.6) is 11.5 Å². The summed E-state index contributed by atoms with van der Waals surface area (Å²) in [4.78, 5) is 4.48. The summed E-state index contributed by atoms with van der Waals surface area (Å²) in [5.74, 6) is 2.49. The molecular weight excluding hydrogens is 240 g/mol. The van der Waals surface area contributed by atoms with Gasteiger partial charge in [-0.05, 0) is 18.2 Å². The Balaban J connectivity index is 2.20. The van der Waals surface area contributed by atoms with Gasteiger partial charge in [0.2, 0.25) is 0 Å². The van der Waals surface area contributed by atoms with Crippen LogP contribution in [0.25, 0.3) is 16.9 Å². The second-order valence-electron chi connectivity index (χ2n) is 4.14. The Kier molecular flexibility index (Phi) is 2.83. The van der Waals surface area contributed by atoms with Gasteiger partial charge in [-0.2, -0.15) is 0 Å². The highest BCUT2D eigenvalue weighted by Gasteiger charge is 2.11. The van der Waals surface area contributed by atoms with Crippen molar-refractivity contribution < 1.29 is 9.47 Å². The lowest BCUT2D eigenvalue weighted by Crippen LogP contribution is -1.93.